The standard InChI is InChI=1S/C42H52O2S2.C38H60O2S2.C34H52O2S2/c1-29-23-31(39(43)35(25-29)41(3,4)33-17-11-9-12-18-33)27-45-37-21-15-7-8-16-22-38(37)46-28-32-24-30(2)26-36(40(32)44)42(5,6)34-19-13-10-14-20-34;1-35(2,3)27-19-25(33(39)29(21-27)37(7,8)9)23-41-31-17-15-13-14-16-18-32(31)42-24-26-20-28(36(4,5)6)22-30(34(26)40)38(10,11)12;1-21(2)25-15-27(33(35)29(17-25)23(5)6)19-37-31-13-11-9-10-12-14-32(31)38-20-28-16-26(22(3)4)18-30(24(7)8)34(28)36/h9-14,17-20,23-26,37-38,43-44H,7-8,15-16,21-22,27-28H2,1-6H3;19-22,31-32,39-40H,13-18,23-24H2,1-12H3;15-18,21-24,31-32,35-36H,9-14,19-20H2,1-8H3/t37-,38-;2*31-,32-/m000/s1. The average Bonchev–Trinajstić information content (AvgIpc) is 0.780. The van der Waals surface area contributed by atoms with E-state index >= 15 is 0 Å². The molecule has 126 heavy (non-hydrogen) atoms. The van der Waals surface area contributed by atoms with E-state index in [0.29, 0.717) is 89.7 Å². The molecule has 6 atom stereocenters. The molecule has 0 unspecified atom stereocenters. The van der Waals surface area contributed by atoms with Gasteiger partial charge in [0.25, 0.3) is 0 Å². The van der Waals surface area contributed by atoms with Crippen LogP contribution in [0.5, 0.6) is 34.5 Å². The maximum Gasteiger partial charge on any atom is 0.123 e. The van der Waals surface area contributed by atoms with Crippen molar-refractivity contribution in [3.05, 3.63) is 245 Å². The molecule has 0 aliphatic heterocycles. The van der Waals surface area contributed by atoms with Crippen molar-refractivity contribution in [2.45, 2.75) is 418 Å². The lowest BCUT2D eigenvalue weighted by Gasteiger charge is -2.31. The zero-order valence-electron chi connectivity index (χ0n) is 82.6. The van der Waals surface area contributed by atoms with Crippen LogP contribution in [0.15, 0.2) is 133 Å². The van der Waals surface area contributed by atoms with Gasteiger partial charge in [-0.1, -0.05) is 388 Å². The summed E-state index contributed by atoms with van der Waals surface area (Å²) < 4.78 is 0. The molecule has 0 bridgehead atoms. The Kier molecular flexibility index (Phi) is 38.4. The molecule has 6 N–H and O–H groups in total. The van der Waals surface area contributed by atoms with Crippen LogP contribution in [0.2, 0.25) is 0 Å². The Morgan fingerprint density at radius 2 is 0.492 bits per heavy atom. The molecule has 3 aliphatic rings. The van der Waals surface area contributed by atoms with E-state index in [2.05, 4.69) is 301 Å². The van der Waals surface area contributed by atoms with Crippen LogP contribution in [-0.2, 0) is 67.0 Å². The summed E-state index contributed by atoms with van der Waals surface area (Å²) in [4.78, 5) is 0. The van der Waals surface area contributed by atoms with E-state index < -0.39 is 0 Å². The number of benzene rings is 8. The van der Waals surface area contributed by atoms with Gasteiger partial charge in [0.1, 0.15) is 34.5 Å². The fraction of sp³-hybridized carbons (Fsp3) is 0.579. The third kappa shape index (κ3) is 28.6. The van der Waals surface area contributed by atoms with E-state index in [1.54, 1.807) is 0 Å². The van der Waals surface area contributed by atoms with E-state index in [9.17, 15) is 30.6 Å². The maximum absolute atomic E-state index is 11.6. The predicted molar refractivity (Wildman–Crippen MR) is 560 cm³/mol. The van der Waals surface area contributed by atoms with Crippen LogP contribution in [0.1, 0.15) is 417 Å². The van der Waals surface area contributed by atoms with Crippen LogP contribution in [-0.4, -0.2) is 62.1 Å². The molecule has 11 rings (SSSR count). The van der Waals surface area contributed by atoms with Gasteiger partial charge < -0.3 is 30.6 Å². The number of aromatic hydroxyl groups is 6. The lowest BCUT2D eigenvalue weighted by atomic mass is 9.76. The molecular formula is C114H164O6S6. The van der Waals surface area contributed by atoms with E-state index in [4.69, 9.17) is 0 Å². The second-order valence-electron chi connectivity index (χ2n) is 43.6. The molecule has 0 saturated heterocycles. The van der Waals surface area contributed by atoms with Crippen molar-refractivity contribution < 1.29 is 30.6 Å². The Morgan fingerprint density at radius 3 is 0.722 bits per heavy atom. The monoisotopic (exact) mass is 1820 g/mol. The highest BCUT2D eigenvalue weighted by molar-refractivity contribution is 8.04. The Bertz CT molecular complexity index is 4480. The molecule has 692 valence electrons. The molecule has 0 heterocycles. The zero-order chi connectivity index (χ0) is 92.6. The molecule has 0 radical (unpaired) electrons. The number of thioether (sulfide) groups is 6. The minimum atomic E-state index is -0.293. The molecule has 0 spiro atoms. The second kappa shape index (κ2) is 46.3. The molecule has 12 heteroatoms. The first-order valence-corrected chi connectivity index (χ1v) is 54.4. The number of rotatable bonds is 26. The van der Waals surface area contributed by atoms with Crippen molar-refractivity contribution in [1.29, 1.82) is 0 Å². The summed E-state index contributed by atoms with van der Waals surface area (Å²) in [5.74, 6) is 9.38. The van der Waals surface area contributed by atoms with E-state index in [1.807, 2.05) is 82.7 Å². The SMILES string of the molecule is CC(C)(C)c1cc(CS[C@H]2CCCCCC[C@@H]2SCc2cc(C(C)(C)C)cc(C(C)(C)C)c2O)c(O)c(C(C)(C)C)c1.CC(C)c1cc(CS[C@H]2CCCCCC[C@@H]2SCc2cc(C(C)C)cc(C(C)C)c2O)c(O)c(C(C)C)c1.Cc1cc(CS[C@H]2CCCCCC[C@@H]2SCc2cc(C)cc(C(C)(C)c3ccccc3)c2O)c(O)c(C(C)(C)c2ccccc2)c1. The number of aryl methyl sites for hydroxylation is 2. The highest BCUT2D eigenvalue weighted by atomic mass is 32.2. The minimum absolute atomic E-state index is 0.0290. The molecule has 0 amide bonds. The summed E-state index contributed by atoms with van der Waals surface area (Å²) in [5.41, 5.74) is 22.0. The topological polar surface area (TPSA) is 121 Å². The highest BCUT2D eigenvalue weighted by Crippen LogP contribution is 2.51. The Labute approximate surface area is 791 Å². The van der Waals surface area contributed by atoms with E-state index in [0.717, 1.165) is 101 Å². The Hall–Kier alpha value is -5.34. The summed E-state index contributed by atoms with van der Waals surface area (Å²) in [6.45, 7) is 57.5. The molecule has 3 fully saturated rings. The molecule has 6 nitrogen and oxygen atoms in total. The number of phenolic OH excluding ortho intramolecular Hbond substituents is 6. The second-order valence-corrected chi connectivity index (χ2v) is 51.0. The van der Waals surface area contributed by atoms with Crippen LogP contribution in [0.25, 0.3) is 0 Å². The van der Waals surface area contributed by atoms with Crippen LogP contribution in [0, 0.1) is 13.8 Å². The predicted octanol–water partition coefficient (Wildman–Crippen LogP) is 34.0. The summed E-state index contributed by atoms with van der Waals surface area (Å²) >= 11 is 12.2. The first-order valence-electron chi connectivity index (χ1n) is 48.1. The Morgan fingerprint density at radius 1 is 0.254 bits per heavy atom. The van der Waals surface area contributed by atoms with Gasteiger partial charge in [-0.15, -0.1) is 0 Å². The Balaban J connectivity index is 0.000000215. The third-order valence-electron chi connectivity index (χ3n) is 26.9. The number of hydrogen-bond acceptors (Lipinski definition) is 12. The molecular weight excluding hydrogens is 1660 g/mol. The molecule has 0 aromatic heterocycles. The first kappa shape index (κ1) is 104. The van der Waals surface area contributed by atoms with Crippen molar-refractivity contribution in [2.24, 2.45) is 0 Å². The lowest BCUT2D eigenvalue weighted by molar-refractivity contribution is 0.439. The number of phenols is 6. The van der Waals surface area contributed by atoms with Crippen molar-refractivity contribution in [1.82, 2.24) is 0 Å². The quantitative estimate of drug-likeness (QED) is 0.0310. The van der Waals surface area contributed by atoms with Crippen molar-refractivity contribution >= 4 is 70.6 Å². The fourth-order valence-corrected chi connectivity index (χ4v) is 27.6. The van der Waals surface area contributed by atoms with Crippen LogP contribution in [0.3, 0.4) is 0 Å². The van der Waals surface area contributed by atoms with Gasteiger partial charge in [-0.25, -0.2) is 0 Å². The lowest BCUT2D eigenvalue weighted by Crippen LogP contribution is -2.23. The van der Waals surface area contributed by atoms with Gasteiger partial charge in [0.2, 0.25) is 0 Å². The normalized spacial score (nSPS) is 18.7. The van der Waals surface area contributed by atoms with Gasteiger partial charge in [-0.05, 0) is 153 Å². The van der Waals surface area contributed by atoms with Gasteiger partial charge in [0.15, 0.2) is 0 Å². The van der Waals surface area contributed by atoms with Gasteiger partial charge in [-0.3, -0.25) is 0 Å². The summed E-state index contributed by atoms with van der Waals surface area (Å²) in [6.07, 6.45) is 22.8. The van der Waals surface area contributed by atoms with Crippen LogP contribution < -0.4 is 0 Å². The van der Waals surface area contributed by atoms with Gasteiger partial charge in [0.05, 0.1) is 0 Å². The summed E-state index contributed by atoms with van der Waals surface area (Å²) in [5, 5.41) is 71.6. The van der Waals surface area contributed by atoms with Crippen molar-refractivity contribution in [3.8, 4) is 34.5 Å². The maximum atomic E-state index is 11.6. The molecule has 3 saturated carbocycles. The van der Waals surface area contributed by atoms with Crippen LogP contribution in [0.4, 0.5) is 0 Å². The zero-order valence-corrected chi connectivity index (χ0v) is 87.5. The van der Waals surface area contributed by atoms with Gasteiger partial charge >= 0.3 is 0 Å². The first-order chi connectivity index (χ1) is 59.2. The highest BCUT2D eigenvalue weighted by Gasteiger charge is 2.36. The van der Waals surface area contributed by atoms with E-state index in [1.165, 1.54) is 160 Å². The van der Waals surface area contributed by atoms with Gasteiger partial charge in [0, 0.05) is 121 Å². The average molecular weight is 1820 g/mol. The van der Waals surface area contributed by atoms with Crippen LogP contribution >= 0.6 is 70.6 Å². The van der Waals surface area contributed by atoms with Gasteiger partial charge in [-0.2, -0.15) is 70.6 Å². The largest absolute Gasteiger partial charge is 0.507 e. The van der Waals surface area contributed by atoms with Crippen molar-refractivity contribution in [2.75, 3.05) is 0 Å². The molecule has 3 aliphatic carbocycles. The fourth-order valence-electron chi connectivity index (χ4n) is 18.3. The van der Waals surface area contributed by atoms with E-state index in [-0.39, 0.29) is 32.5 Å². The van der Waals surface area contributed by atoms with Crippen molar-refractivity contribution in [3.63, 3.8) is 0 Å². The third-order valence-corrected chi connectivity index (χ3v) is 36.3. The minimum Gasteiger partial charge on any atom is -0.507 e. The summed E-state index contributed by atoms with van der Waals surface area (Å²) in [6, 6.07) is 47.6. The molecule has 8 aromatic rings. The smallest absolute Gasteiger partial charge is 0.123 e. The summed E-state index contributed by atoms with van der Waals surface area (Å²) in [7, 11) is 0. The molecule has 8 aromatic carbocycles. The number of hydrogen-bond donors (Lipinski definition) is 6.